The summed E-state index contributed by atoms with van der Waals surface area (Å²) in [5.41, 5.74) is 4.17. The maximum Gasteiger partial charge on any atom is 0.254 e. The molecule has 5 rings (SSSR count). The molecule has 2 aromatic carbocycles. The van der Waals surface area contributed by atoms with Crippen LogP contribution in [0.15, 0.2) is 48.6 Å². The van der Waals surface area contributed by atoms with Crippen LogP contribution in [0.3, 0.4) is 0 Å². The van der Waals surface area contributed by atoms with Crippen LogP contribution in [0.1, 0.15) is 66.1 Å². The number of benzene rings is 2. The minimum absolute atomic E-state index is 0.117. The molecule has 2 aromatic rings. The zero-order valence-electron chi connectivity index (χ0n) is 17.1. The quantitative estimate of drug-likeness (QED) is 0.518. The highest BCUT2D eigenvalue weighted by molar-refractivity contribution is 6.35. The van der Waals surface area contributed by atoms with E-state index in [1.807, 2.05) is 29.2 Å². The summed E-state index contributed by atoms with van der Waals surface area (Å²) in [6.45, 7) is 3.02. The average Bonchev–Trinajstić information content (AvgIpc) is 3.23. The molecule has 0 saturated carbocycles. The largest absolute Gasteiger partial charge is 0.378 e. The fourth-order valence-electron chi connectivity index (χ4n) is 5.35. The van der Waals surface area contributed by atoms with Crippen LogP contribution >= 0.6 is 23.2 Å². The van der Waals surface area contributed by atoms with E-state index in [1.165, 1.54) is 12.0 Å². The van der Waals surface area contributed by atoms with Crippen molar-refractivity contribution in [2.24, 2.45) is 5.92 Å². The smallest absolute Gasteiger partial charge is 0.254 e. The van der Waals surface area contributed by atoms with Crippen molar-refractivity contribution in [1.82, 2.24) is 4.90 Å². The fraction of sp³-hybridized carbons (Fsp3) is 0.400. The monoisotopic (exact) mass is 440 g/mol. The zero-order chi connectivity index (χ0) is 20.8. The van der Waals surface area contributed by atoms with Crippen LogP contribution in [-0.2, 0) is 0 Å². The summed E-state index contributed by atoms with van der Waals surface area (Å²) in [5, 5.41) is 5.05. The standard InChI is InChI=1S/C25H26Cl2N2O/c1-15-5-2-3-12-29(15)25(30)16-8-11-23-21(13-16)18-6-4-7-19(18)24(28-23)20-10-9-17(26)14-22(20)27/h4,6,8-11,13-15,18-19,24,28H,2-3,5,7,12H2,1H3/t15-,18+,19-,24-/m0/s1. The molecule has 1 N–H and O–H groups in total. The summed E-state index contributed by atoms with van der Waals surface area (Å²) in [4.78, 5) is 15.2. The molecule has 3 nitrogen and oxygen atoms in total. The normalized spacial score (nSPS) is 27.4. The van der Waals surface area contributed by atoms with Gasteiger partial charge in [-0.25, -0.2) is 0 Å². The van der Waals surface area contributed by atoms with Crippen molar-refractivity contribution in [3.8, 4) is 0 Å². The third-order valence-electron chi connectivity index (χ3n) is 6.97. The van der Waals surface area contributed by atoms with Crippen molar-refractivity contribution >= 4 is 34.8 Å². The van der Waals surface area contributed by atoms with Crippen LogP contribution in [0.25, 0.3) is 0 Å². The van der Waals surface area contributed by atoms with Crippen molar-refractivity contribution in [3.05, 3.63) is 75.3 Å². The molecule has 5 heteroatoms. The van der Waals surface area contributed by atoms with Crippen molar-refractivity contribution < 1.29 is 4.79 Å². The van der Waals surface area contributed by atoms with Crippen molar-refractivity contribution in [1.29, 1.82) is 0 Å². The van der Waals surface area contributed by atoms with Gasteiger partial charge in [0.25, 0.3) is 5.91 Å². The Labute approximate surface area is 188 Å². The number of allylic oxidation sites excluding steroid dienone is 2. The topological polar surface area (TPSA) is 32.3 Å². The van der Waals surface area contributed by atoms with E-state index < -0.39 is 0 Å². The van der Waals surface area contributed by atoms with E-state index in [9.17, 15) is 4.79 Å². The van der Waals surface area contributed by atoms with Gasteiger partial charge in [-0.15, -0.1) is 0 Å². The van der Waals surface area contributed by atoms with Crippen LogP contribution in [0.2, 0.25) is 10.0 Å². The van der Waals surface area contributed by atoms with Gasteiger partial charge < -0.3 is 10.2 Å². The second-order valence-electron chi connectivity index (χ2n) is 8.79. The van der Waals surface area contributed by atoms with Crippen LogP contribution in [0.5, 0.6) is 0 Å². The van der Waals surface area contributed by atoms with Crippen LogP contribution < -0.4 is 5.32 Å². The zero-order valence-corrected chi connectivity index (χ0v) is 18.6. The lowest BCUT2D eigenvalue weighted by molar-refractivity contribution is 0.0635. The molecule has 2 aliphatic heterocycles. The molecule has 2 heterocycles. The molecular formula is C25H26Cl2N2O. The van der Waals surface area contributed by atoms with Gasteiger partial charge in [0.05, 0.1) is 6.04 Å². The Balaban J connectivity index is 1.48. The minimum atomic E-state index is 0.117. The molecule has 1 saturated heterocycles. The summed E-state index contributed by atoms with van der Waals surface area (Å²) in [6, 6.07) is 12.3. The first-order valence-electron chi connectivity index (χ1n) is 10.9. The number of carbonyl (C=O) groups is 1. The van der Waals surface area contributed by atoms with Gasteiger partial charge in [-0.1, -0.05) is 41.4 Å². The SMILES string of the molecule is C[C@H]1CCCCN1C(=O)c1ccc2c(c1)[C@@H]1C=CC[C@@H]1[C@@H](c1ccc(Cl)cc1Cl)N2. The van der Waals surface area contributed by atoms with Gasteiger partial charge in [-0.2, -0.15) is 0 Å². The number of rotatable bonds is 2. The maximum absolute atomic E-state index is 13.2. The predicted octanol–water partition coefficient (Wildman–Crippen LogP) is 6.83. The van der Waals surface area contributed by atoms with E-state index in [0.717, 1.165) is 42.6 Å². The second-order valence-corrected chi connectivity index (χ2v) is 9.63. The van der Waals surface area contributed by atoms with Crippen LogP contribution in [0.4, 0.5) is 5.69 Å². The van der Waals surface area contributed by atoms with E-state index in [4.69, 9.17) is 23.2 Å². The number of amides is 1. The Kier molecular flexibility index (Phi) is 5.28. The van der Waals surface area contributed by atoms with Crippen LogP contribution in [0, 0.1) is 5.92 Å². The number of hydrogen-bond acceptors (Lipinski definition) is 2. The Morgan fingerprint density at radius 2 is 1.97 bits per heavy atom. The number of piperidine rings is 1. The number of nitrogens with one attached hydrogen (secondary N) is 1. The number of likely N-dealkylation sites (tertiary alicyclic amines) is 1. The molecule has 156 valence electrons. The Hall–Kier alpha value is -1.97. The third kappa shape index (κ3) is 3.42. The predicted molar refractivity (Wildman–Crippen MR) is 124 cm³/mol. The van der Waals surface area contributed by atoms with E-state index in [1.54, 1.807) is 0 Å². The van der Waals surface area contributed by atoms with E-state index in [-0.39, 0.29) is 17.9 Å². The first-order valence-corrected chi connectivity index (χ1v) is 11.6. The molecular weight excluding hydrogens is 415 g/mol. The third-order valence-corrected chi connectivity index (χ3v) is 7.53. The number of anilines is 1. The lowest BCUT2D eigenvalue weighted by Crippen LogP contribution is -2.42. The summed E-state index contributed by atoms with van der Waals surface area (Å²) in [6.07, 6.45) is 8.93. The number of carbonyl (C=O) groups excluding carboxylic acids is 1. The first kappa shape index (κ1) is 20.0. The average molecular weight is 441 g/mol. The molecule has 1 amide bonds. The highest BCUT2D eigenvalue weighted by Crippen LogP contribution is 2.51. The van der Waals surface area contributed by atoms with Crippen molar-refractivity contribution in [3.63, 3.8) is 0 Å². The van der Waals surface area contributed by atoms with E-state index in [0.29, 0.717) is 22.0 Å². The molecule has 3 aliphatic rings. The Morgan fingerprint density at radius 1 is 1.10 bits per heavy atom. The van der Waals surface area contributed by atoms with Gasteiger partial charge in [0, 0.05) is 39.8 Å². The number of hydrogen-bond donors (Lipinski definition) is 1. The maximum atomic E-state index is 13.2. The summed E-state index contributed by atoms with van der Waals surface area (Å²) >= 11 is 12.7. The van der Waals surface area contributed by atoms with Crippen LogP contribution in [-0.4, -0.2) is 23.4 Å². The highest BCUT2D eigenvalue weighted by atomic mass is 35.5. The molecule has 0 unspecified atom stereocenters. The van der Waals surface area contributed by atoms with E-state index in [2.05, 4.69) is 36.5 Å². The fourth-order valence-corrected chi connectivity index (χ4v) is 5.88. The molecule has 0 aromatic heterocycles. The van der Waals surface area contributed by atoms with Gasteiger partial charge in [-0.3, -0.25) is 4.79 Å². The minimum Gasteiger partial charge on any atom is -0.378 e. The summed E-state index contributed by atoms with van der Waals surface area (Å²) in [5.74, 6) is 0.811. The second kappa shape index (κ2) is 7.94. The number of fused-ring (bicyclic) bond motifs is 3. The van der Waals surface area contributed by atoms with Gasteiger partial charge in [0.1, 0.15) is 0 Å². The van der Waals surface area contributed by atoms with Crippen molar-refractivity contribution in [2.75, 3.05) is 11.9 Å². The Bertz CT molecular complexity index is 1020. The Morgan fingerprint density at radius 3 is 2.77 bits per heavy atom. The van der Waals surface area contributed by atoms with E-state index >= 15 is 0 Å². The summed E-state index contributed by atoms with van der Waals surface area (Å²) in [7, 11) is 0. The molecule has 1 aliphatic carbocycles. The van der Waals surface area contributed by atoms with Gasteiger partial charge >= 0.3 is 0 Å². The molecule has 0 spiro atoms. The number of halogens is 2. The molecule has 0 bridgehead atoms. The highest BCUT2D eigenvalue weighted by Gasteiger charge is 2.39. The molecule has 30 heavy (non-hydrogen) atoms. The molecule has 0 radical (unpaired) electrons. The number of nitrogens with zero attached hydrogens (tertiary/aromatic N) is 1. The molecule has 4 atom stereocenters. The van der Waals surface area contributed by atoms with Gasteiger partial charge in [-0.05, 0) is 80.0 Å². The molecule has 1 fully saturated rings. The lowest BCUT2D eigenvalue weighted by atomic mass is 9.76. The summed E-state index contributed by atoms with van der Waals surface area (Å²) < 4.78 is 0. The van der Waals surface area contributed by atoms with Gasteiger partial charge in [0.15, 0.2) is 0 Å². The van der Waals surface area contributed by atoms with Crippen molar-refractivity contribution in [2.45, 2.75) is 50.6 Å². The first-order chi connectivity index (χ1) is 14.5. The van der Waals surface area contributed by atoms with Gasteiger partial charge in [0.2, 0.25) is 0 Å². The lowest BCUT2D eigenvalue weighted by Gasteiger charge is -2.38.